The minimum Gasteiger partial charge on any atom is -0.480 e. The summed E-state index contributed by atoms with van der Waals surface area (Å²) in [5, 5.41) is 6.47. The highest BCUT2D eigenvalue weighted by Crippen LogP contribution is 2.11. The Hall–Kier alpha value is -1.15. The van der Waals surface area contributed by atoms with Gasteiger partial charge in [-0.15, -0.1) is 0 Å². The zero-order chi connectivity index (χ0) is 17.2. The number of hydrogen-bond acceptors (Lipinski definition) is 5. The van der Waals surface area contributed by atoms with E-state index in [0.29, 0.717) is 12.3 Å². The number of carboxylic acid groups (broad SMARTS) is 1. The number of esters is 1. The maximum atomic E-state index is 11.4. The van der Waals surface area contributed by atoms with Gasteiger partial charge < -0.3 is 9.84 Å². The molecule has 2 N–H and O–H groups in total. The fraction of sp³-hybridized carbons (Fsp3) is 0.857. The van der Waals surface area contributed by atoms with E-state index in [1.165, 1.54) is 12.8 Å². The number of unbranched alkanes of at least 4 members (excludes halogenated alkanes) is 4. The van der Waals surface area contributed by atoms with Crippen LogP contribution in [0.25, 0.3) is 0 Å². The summed E-state index contributed by atoms with van der Waals surface area (Å²) in [5.41, 5.74) is 0. The van der Waals surface area contributed by atoms with Crippen LogP contribution in [0.4, 0.5) is 0 Å². The molecule has 0 rings (SSSR count). The van der Waals surface area contributed by atoms with Gasteiger partial charge in [0, 0.05) is 0 Å². The number of rotatable bonds is 12. The highest BCUT2D eigenvalue weighted by atomic mass is 32.2. The molecule has 0 aromatic carbocycles. The van der Waals surface area contributed by atoms with Gasteiger partial charge in [0.2, 0.25) is 0 Å². The van der Waals surface area contributed by atoms with Gasteiger partial charge in [-0.25, -0.2) is 0 Å². The molecular weight excluding hydrogens is 312 g/mol. The van der Waals surface area contributed by atoms with Crippen molar-refractivity contribution in [3.63, 3.8) is 0 Å². The minimum absolute atomic E-state index is 0.126. The lowest BCUT2D eigenvalue weighted by atomic mass is 10.0. The Balaban J connectivity index is 3.80. The van der Waals surface area contributed by atoms with E-state index in [1.807, 2.05) is 0 Å². The van der Waals surface area contributed by atoms with Gasteiger partial charge in [-0.05, 0) is 12.3 Å². The summed E-state index contributed by atoms with van der Waals surface area (Å²) in [6, 6.07) is 0. The molecule has 0 aromatic rings. The molecule has 0 heterocycles. The quantitative estimate of drug-likeness (QED) is 0.318. The maximum Gasteiger partial charge on any atom is 0.325 e. The van der Waals surface area contributed by atoms with Crippen molar-refractivity contribution in [2.24, 2.45) is 5.92 Å². The Morgan fingerprint density at radius 1 is 1.05 bits per heavy atom. The highest BCUT2D eigenvalue weighted by Gasteiger charge is 2.33. The fourth-order valence-electron chi connectivity index (χ4n) is 1.90. The molecule has 0 bridgehead atoms. The first-order valence-corrected chi connectivity index (χ1v) is 8.99. The second-order valence-corrected chi connectivity index (χ2v) is 7.32. The number of carbonyl (C=O) groups excluding carboxylic acids is 1. The molecule has 0 saturated carbocycles. The van der Waals surface area contributed by atoms with Crippen LogP contribution in [0.15, 0.2) is 0 Å². The zero-order valence-corrected chi connectivity index (χ0v) is 14.0. The second-order valence-electron chi connectivity index (χ2n) is 5.72. The maximum absolute atomic E-state index is 11.4. The molecule has 0 aliphatic rings. The first-order valence-electron chi connectivity index (χ1n) is 7.49. The van der Waals surface area contributed by atoms with Gasteiger partial charge in [-0.1, -0.05) is 46.0 Å². The SMILES string of the molecule is CC(C)CCCCCCCOC(=O)C[C@H](C(=O)O)S(=O)(=O)O. The molecule has 0 amide bonds. The summed E-state index contributed by atoms with van der Waals surface area (Å²) >= 11 is 0. The van der Waals surface area contributed by atoms with Crippen LogP contribution in [0.2, 0.25) is 0 Å². The van der Waals surface area contributed by atoms with Gasteiger partial charge in [0.1, 0.15) is 0 Å². The number of hydrogen-bond donors (Lipinski definition) is 2. The molecular formula is C14H26O7S. The molecule has 0 unspecified atom stereocenters. The van der Waals surface area contributed by atoms with Crippen molar-refractivity contribution in [3.05, 3.63) is 0 Å². The summed E-state index contributed by atoms with van der Waals surface area (Å²) < 4.78 is 35.1. The molecule has 0 aliphatic carbocycles. The molecule has 0 spiro atoms. The van der Waals surface area contributed by atoms with Crippen molar-refractivity contribution in [1.82, 2.24) is 0 Å². The Bertz CT molecular complexity index is 442. The average molecular weight is 338 g/mol. The first kappa shape index (κ1) is 20.9. The molecule has 0 saturated heterocycles. The average Bonchev–Trinajstić information content (AvgIpc) is 2.37. The van der Waals surface area contributed by atoms with Crippen molar-refractivity contribution < 1.29 is 32.4 Å². The van der Waals surface area contributed by atoms with Crippen molar-refractivity contribution in [3.8, 4) is 0 Å². The van der Waals surface area contributed by atoms with E-state index in [-0.39, 0.29) is 6.61 Å². The van der Waals surface area contributed by atoms with E-state index in [4.69, 9.17) is 14.4 Å². The number of carbonyl (C=O) groups is 2. The lowest BCUT2D eigenvalue weighted by molar-refractivity contribution is -0.147. The minimum atomic E-state index is -4.81. The highest BCUT2D eigenvalue weighted by molar-refractivity contribution is 7.87. The van der Waals surface area contributed by atoms with Crippen molar-refractivity contribution in [2.75, 3.05) is 6.61 Å². The third-order valence-corrected chi connectivity index (χ3v) is 4.26. The van der Waals surface area contributed by atoms with Crippen LogP contribution in [0.5, 0.6) is 0 Å². The molecule has 8 heteroatoms. The van der Waals surface area contributed by atoms with Crippen molar-refractivity contribution >= 4 is 22.1 Å². The van der Waals surface area contributed by atoms with Gasteiger partial charge in [0.15, 0.2) is 5.25 Å². The lowest BCUT2D eigenvalue weighted by Gasteiger charge is -2.09. The van der Waals surface area contributed by atoms with Crippen molar-refractivity contribution in [1.29, 1.82) is 0 Å². The predicted octanol–water partition coefficient (Wildman–Crippen LogP) is 2.26. The standard InChI is InChI=1S/C14H26O7S/c1-11(2)8-6-4-3-5-7-9-21-13(15)10-12(14(16)17)22(18,19)20/h11-12H,3-10H2,1-2H3,(H,16,17)(H,18,19,20)/t12-/m1/s1. The van der Waals surface area contributed by atoms with Gasteiger partial charge in [-0.2, -0.15) is 8.42 Å². The Morgan fingerprint density at radius 2 is 1.59 bits per heavy atom. The molecule has 0 aliphatic heterocycles. The number of carboxylic acids is 1. The van der Waals surface area contributed by atoms with E-state index < -0.39 is 33.7 Å². The summed E-state index contributed by atoms with van der Waals surface area (Å²) in [5.74, 6) is -2.01. The summed E-state index contributed by atoms with van der Waals surface area (Å²) in [6.07, 6.45) is 5.18. The smallest absolute Gasteiger partial charge is 0.325 e. The van der Waals surface area contributed by atoms with Crippen LogP contribution >= 0.6 is 0 Å². The normalized spacial score (nSPS) is 13.1. The van der Waals surface area contributed by atoms with E-state index in [2.05, 4.69) is 13.8 Å². The Labute approximate surface area is 131 Å². The van der Waals surface area contributed by atoms with Gasteiger partial charge >= 0.3 is 11.9 Å². The Kier molecular flexibility index (Phi) is 10.0. The second kappa shape index (κ2) is 10.6. The van der Waals surface area contributed by atoms with E-state index in [1.54, 1.807) is 0 Å². The third-order valence-electron chi connectivity index (χ3n) is 3.18. The molecule has 130 valence electrons. The van der Waals surface area contributed by atoms with Crippen LogP contribution < -0.4 is 0 Å². The molecule has 1 atom stereocenters. The lowest BCUT2D eigenvalue weighted by Crippen LogP contribution is -2.32. The predicted molar refractivity (Wildman–Crippen MR) is 81.1 cm³/mol. The van der Waals surface area contributed by atoms with Crippen LogP contribution in [-0.2, 0) is 24.4 Å². The fourth-order valence-corrected chi connectivity index (χ4v) is 2.50. The molecule has 0 aromatic heterocycles. The largest absolute Gasteiger partial charge is 0.480 e. The van der Waals surface area contributed by atoms with Crippen LogP contribution in [0.1, 0.15) is 58.8 Å². The van der Waals surface area contributed by atoms with Crippen LogP contribution in [-0.4, -0.2) is 41.9 Å². The number of ether oxygens (including phenoxy) is 1. The Morgan fingerprint density at radius 3 is 2.09 bits per heavy atom. The zero-order valence-electron chi connectivity index (χ0n) is 13.2. The van der Waals surface area contributed by atoms with Gasteiger partial charge in [0.05, 0.1) is 13.0 Å². The van der Waals surface area contributed by atoms with E-state index in [0.717, 1.165) is 19.3 Å². The molecule has 0 fully saturated rings. The molecule has 0 radical (unpaired) electrons. The number of aliphatic carboxylic acids is 1. The van der Waals surface area contributed by atoms with E-state index >= 15 is 0 Å². The van der Waals surface area contributed by atoms with Crippen LogP contribution in [0.3, 0.4) is 0 Å². The monoisotopic (exact) mass is 338 g/mol. The summed E-state index contributed by atoms with van der Waals surface area (Å²) in [6.45, 7) is 4.48. The summed E-state index contributed by atoms with van der Waals surface area (Å²) in [4.78, 5) is 22.0. The third kappa shape index (κ3) is 10.6. The van der Waals surface area contributed by atoms with Crippen LogP contribution in [0, 0.1) is 5.92 Å². The first-order chi connectivity index (χ1) is 10.1. The molecule has 22 heavy (non-hydrogen) atoms. The molecule has 7 nitrogen and oxygen atoms in total. The summed E-state index contributed by atoms with van der Waals surface area (Å²) in [7, 11) is -4.81. The van der Waals surface area contributed by atoms with E-state index in [9.17, 15) is 18.0 Å². The van der Waals surface area contributed by atoms with Gasteiger partial charge in [-0.3, -0.25) is 14.1 Å². The van der Waals surface area contributed by atoms with Crippen molar-refractivity contribution in [2.45, 2.75) is 64.0 Å². The topological polar surface area (TPSA) is 118 Å². The van der Waals surface area contributed by atoms with Gasteiger partial charge in [0.25, 0.3) is 10.1 Å².